The Kier molecular flexibility index (Phi) is 6.91. The molecule has 0 aliphatic heterocycles. The lowest BCUT2D eigenvalue weighted by atomic mass is 10.0. The molecule has 5 nitrogen and oxygen atoms in total. The summed E-state index contributed by atoms with van der Waals surface area (Å²) in [5.41, 5.74) is 2.85. The highest BCUT2D eigenvalue weighted by molar-refractivity contribution is 7.92. The average molecular weight is 493 g/mol. The van der Waals surface area contributed by atoms with E-state index in [1.807, 2.05) is 49.4 Å². The molecule has 4 aromatic carbocycles. The van der Waals surface area contributed by atoms with Gasteiger partial charge < -0.3 is 5.32 Å². The third-order valence-electron chi connectivity index (χ3n) is 5.76. The lowest BCUT2D eigenvalue weighted by Gasteiger charge is -2.26. The van der Waals surface area contributed by atoms with Gasteiger partial charge in [-0.15, -0.1) is 0 Å². The molecular formula is C27H25ClN2O3S. The number of aryl methyl sites for hydroxylation is 1. The first-order chi connectivity index (χ1) is 16.3. The number of benzene rings is 4. The Morgan fingerprint density at radius 2 is 1.56 bits per heavy atom. The number of amides is 1. The summed E-state index contributed by atoms with van der Waals surface area (Å²) in [5.74, 6) is -0.414. The fourth-order valence-electron chi connectivity index (χ4n) is 3.83. The van der Waals surface area contributed by atoms with E-state index in [4.69, 9.17) is 11.6 Å². The van der Waals surface area contributed by atoms with E-state index in [1.165, 1.54) is 0 Å². The number of hydrogen-bond donors (Lipinski definition) is 1. The van der Waals surface area contributed by atoms with Gasteiger partial charge in [0.1, 0.15) is 6.54 Å². The van der Waals surface area contributed by atoms with Gasteiger partial charge in [-0.3, -0.25) is 9.10 Å². The number of rotatable bonds is 7. The van der Waals surface area contributed by atoms with Gasteiger partial charge in [0.15, 0.2) is 0 Å². The van der Waals surface area contributed by atoms with Crippen molar-refractivity contribution in [2.45, 2.75) is 25.3 Å². The van der Waals surface area contributed by atoms with Crippen LogP contribution in [0.3, 0.4) is 0 Å². The third-order valence-corrected chi connectivity index (χ3v) is 7.94. The van der Waals surface area contributed by atoms with Crippen molar-refractivity contribution in [3.63, 3.8) is 0 Å². The van der Waals surface area contributed by atoms with E-state index in [-0.39, 0.29) is 18.0 Å². The van der Waals surface area contributed by atoms with Gasteiger partial charge in [0.25, 0.3) is 10.0 Å². The van der Waals surface area contributed by atoms with Crippen molar-refractivity contribution in [2.24, 2.45) is 0 Å². The van der Waals surface area contributed by atoms with E-state index in [0.717, 1.165) is 26.2 Å². The molecule has 0 heterocycles. The van der Waals surface area contributed by atoms with Crippen molar-refractivity contribution in [3.05, 3.63) is 107 Å². The lowest BCUT2D eigenvalue weighted by molar-refractivity contribution is -0.119. The molecule has 0 unspecified atom stereocenters. The van der Waals surface area contributed by atoms with Gasteiger partial charge >= 0.3 is 0 Å². The van der Waals surface area contributed by atoms with Crippen molar-refractivity contribution in [2.75, 3.05) is 10.8 Å². The number of carbonyl (C=O) groups is 1. The highest BCUT2D eigenvalue weighted by Gasteiger charge is 2.28. The summed E-state index contributed by atoms with van der Waals surface area (Å²) in [6, 6.07) is 25.4. The van der Waals surface area contributed by atoms with Crippen LogP contribution in [0.5, 0.6) is 0 Å². The average Bonchev–Trinajstić information content (AvgIpc) is 2.83. The molecule has 0 saturated carbocycles. The Bertz CT molecular complexity index is 1450. The second-order valence-electron chi connectivity index (χ2n) is 8.12. The van der Waals surface area contributed by atoms with Crippen molar-refractivity contribution >= 4 is 44.0 Å². The molecule has 0 bridgehead atoms. The molecule has 1 N–H and O–H groups in total. The summed E-state index contributed by atoms with van der Waals surface area (Å²) >= 11 is 6.29. The molecule has 0 saturated heterocycles. The maximum absolute atomic E-state index is 13.6. The molecule has 0 fully saturated rings. The first-order valence-corrected chi connectivity index (χ1v) is 12.7. The molecule has 0 radical (unpaired) electrons. The normalized spacial score (nSPS) is 11.4. The number of halogens is 1. The molecule has 34 heavy (non-hydrogen) atoms. The van der Waals surface area contributed by atoms with E-state index < -0.39 is 15.9 Å². The number of hydrogen-bond acceptors (Lipinski definition) is 3. The largest absolute Gasteiger partial charge is 0.350 e. The molecule has 7 heteroatoms. The van der Waals surface area contributed by atoms with Crippen LogP contribution in [-0.2, 0) is 21.4 Å². The van der Waals surface area contributed by atoms with Crippen LogP contribution < -0.4 is 9.62 Å². The van der Waals surface area contributed by atoms with Gasteiger partial charge in [-0.05, 0) is 60.0 Å². The highest BCUT2D eigenvalue weighted by Crippen LogP contribution is 2.31. The Morgan fingerprint density at radius 3 is 2.32 bits per heavy atom. The standard InChI is InChI=1S/C27H25ClN2O3S/c1-19-13-15-23(16-14-19)34(32,33)30(26-12-6-11-25(28)20(26)2)18-27(31)29-17-22-9-5-8-21-7-3-4-10-24(21)22/h3-16H,17-18H2,1-2H3,(H,29,31). The van der Waals surface area contributed by atoms with Gasteiger partial charge in [-0.2, -0.15) is 0 Å². The first kappa shape index (κ1) is 23.8. The van der Waals surface area contributed by atoms with E-state index in [0.29, 0.717) is 16.3 Å². The third kappa shape index (κ3) is 4.93. The number of fused-ring (bicyclic) bond motifs is 1. The van der Waals surface area contributed by atoms with Crippen molar-refractivity contribution < 1.29 is 13.2 Å². The summed E-state index contributed by atoms with van der Waals surface area (Å²) in [7, 11) is -4.01. The molecular weight excluding hydrogens is 468 g/mol. The number of carbonyl (C=O) groups excluding carboxylic acids is 1. The molecule has 0 aromatic heterocycles. The summed E-state index contributed by atoms with van der Waals surface area (Å²) in [5, 5.41) is 5.43. The Labute approximate surface area is 205 Å². The summed E-state index contributed by atoms with van der Waals surface area (Å²) in [6.07, 6.45) is 0. The molecule has 0 aliphatic rings. The van der Waals surface area contributed by atoms with Crippen molar-refractivity contribution in [1.29, 1.82) is 0 Å². The summed E-state index contributed by atoms with van der Waals surface area (Å²) in [4.78, 5) is 13.1. The molecule has 4 rings (SSSR count). The monoisotopic (exact) mass is 492 g/mol. The lowest BCUT2D eigenvalue weighted by Crippen LogP contribution is -2.41. The van der Waals surface area contributed by atoms with Gasteiger partial charge in [0.2, 0.25) is 5.91 Å². The zero-order valence-electron chi connectivity index (χ0n) is 19.0. The van der Waals surface area contributed by atoms with Crippen molar-refractivity contribution in [3.8, 4) is 0 Å². The van der Waals surface area contributed by atoms with Crippen LogP contribution in [0, 0.1) is 13.8 Å². The quantitative estimate of drug-likeness (QED) is 0.364. The van der Waals surface area contributed by atoms with Crippen LogP contribution in [0.1, 0.15) is 16.7 Å². The van der Waals surface area contributed by atoms with E-state index >= 15 is 0 Å². The van der Waals surface area contributed by atoms with E-state index in [1.54, 1.807) is 49.4 Å². The maximum atomic E-state index is 13.6. The fraction of sp³-hybridized carbons (Fsp3) is 0.148. The molecule has 174 valence electrons. The zero-order chi connectivity index (χ0) is 24.3. The minimum Gasteiger partial charge on any atom is -0.350 e. The molecule has 0 atom stereocenters. The highest BCUT2D eigenvalue weighted by atomic mass is 35.5. The topological polar surface area (TPSA) is 66.5 Å². The zero-order valence-corrected chi connectivity index (χ0v) is 20.5. The molecule has 4 aromatic rings. The van der Waals surface area contributed by atoms with Gasteiger partial charge in [0, 0.05) is 11.6 Å². The Balaban J connectivity index is 1.63. The predicted molar refractivity (Wildman–Crippen MR) is 138 cm³/mol. The molecule has 0 spiro atoms. The van der Waals surface area contributed by atoms with Crippen molar-refractivity contribution in [1.82, 2.24) is 5.32 Å². The van der Waals surface area contributed by atoms with Crippen LogP contribution in [-0.4, -0.2) is 20.9 Å². The molecule has 1 amide bonds. The number of nitrogens with zero attached hydrogens (tertiary/aromatic N) is 1. The maximum Gasteiger partial charge on any atom is 0.264 e. The number of anilines is 1. The van der Waals surface area contributed by atoms with Gasteiger partial charge in [0.05, 0.1) is 10.6 Å². The SMILES string of the molecule is Cc1ccc(S(=O)(=O)N(CC(=O)NCc2cccc3ccccc23)c2cccc(Cl)c2C)cc1. The van der Waals surface area contributed by atoms with Crippen LogP contribution in [0.2, 0.25) is 5.02 Å². The van der Waals surface area contributed by atoms with Crippen LogP contribution >= 0.6 is 11.6 Å². The minimum absolute atomic E-state index is 0.110. The fourth-order valence-corrected chi connectivity index (χ4v) is 5.48. The second-order valence-corrected chi connectivity index (χ2v) is 10.4. The second kappa shape index (κ2) is 9.87. The Morgan fingerprint density at radius 1 is 0.882 bits per heavy atom. The van der Waals surface area contributed by atoms with Crippen LogP contribution in [0.25, 0.3) is 10.8 Å². The van der Waals surface area contributed by atoms with E-state index in [2.05, 4.69) is 5.32 Å². The minimum atomic E-state index is -4.01. The summed E-state index contributed by atoms with van der Waals surface area (Å²) in [6.45, 7) is 3.54. The Hall–Kier alpha value is -3.35. The van der Waals surface area contributed by atoms with Crippen LogP contribution in [0.15, 0.2) is 89.8 Å². The predicted octanol–water partition coefficient (Wildman–Crippen LogP) is 5.62. The first-order valence-electron chi connectivity index (χ1n) is 10.9. The van der Waals surface area contributed by atoms with E-state index in [9.17, 15) is 13.2 Å². The van der Waals surface area contributed by atoms with Gasteiger partial charge in [-0.25, -0.2) is 8.42 Å². The molecule has 0 aliphatic carbocycles. The summed E-state index contributed by atoms with van der Waals surface area (Å²) < 4.78 is 28.3. The van der Waals surface area contributed by atoms with Crippen LogP contribution in [0.4, 0.5) is 5.69 Å². The number of sulfonamides is 1. The van der Waals surface area contributed by atoms with Gasteiger partial charge in [-0.1, -0.05) is 77.8 Å². The number of nitrogens with one attached hydrogen (secondary N) is 1. The smallest absolute Gasteiger partial charge is 0.264 e.